The number of aliphatic imine (C=N–C) groups is 1. The molecule has 1 fully saturated rings. The molecule has 1 atom stereocenters. The van der Waals surface area contributed by atoms with E-state index in [9.17, 15) is 0 Å². The van der Waals surface area contributed by atoms with Gasteiger partial charge in [0.25, 0.3) is 0 Å². The zero-order chi connectivity index (χ0) is 16.7. The Hall–Kier alpha value is -0.820. The van der Waals surface area contributed by atoms with E-state index in [1.165, 1.54) is 37.1 Å². The molecule has 4 nitrogen and oxygen atoms in total. The normalized spacial score (nSPS) is 16.7. The van der Waals surface area contributed by atoms with Crippen molar-refractivity contribution >= 4 is 35.6 Å². The molecule has 0 radical (unpaired) electrons. The van der Waals surface area contributed by atoms with Gasteiger partial charge in [0.05, 0.1) is 0 Å². The van der Waals surface area contributed by atoms with Gasteiger partial charge in [0.1, 0.15) is 0 Å². The average Bonchev–Trinajstić information content (AvgIpc) is 3.06. The fraction of sp³-hybridized carbons (Fsp3) is 0.632. The van der Waals surface area contributed by atoms with Crippen molar-refractivity contribution in [3.05, 3.63) is 29.3 Å². The molecule has 1 saturated heterocycles. The molecule has 0 aromatic heterocycles. The van der Waals surface area contributed by atoms with Crippen molar-refractivity contribution in [2.75, 3.05) is 31.5 Å². The number of hydrogen-bond donors (Lipinski definition) is 2. The molecule has 1 aliphatic rings. The Kier molecular flexibility index (Phi) is 9.66. The van der Waals surface area contributed by atoms with Crippen LogP contribution < -0.4 is 11.1 Å². The number of benzene rings is 1. The molecule has 0 aliphatic carbocycles. The van der Waals surface area contributed by atoms with Crippen LogP contribution in [0.5, 0.6) is 0 Å². The minimum absolute atomic E-state index is 0. The lowest BCUT2D eigenvalue weighted by Gasteiger charge is -2.19. The van der Waals surface area contributed by atoms with Gasteiger partial charge in [-0.1, -0.05) is 39.0 Å². The summed E-state index contributed by atoms with van der Waals surface area (Å²) in [5, 5.41) is 3.34. The smallest absolute Gasteiger partial charge is 0.193 e. The van der Waals surface area contributed by atoms with Crippen molar-refractivity contribution in [3.8, 4) is 0 Å². The van der Waals surface area contributed by atoms with E-state index < -0.39 is 0 Å². The van der Waals surface area contributed by atoms with Crippen LogP contribution in [0.3, 0.4) is 0 Å². The van der Waals surface area contributed by atoms with Crippen LogP contribution in [0, 0.1) is 5.92 Å². The van der Waals surface area contributed by atoms with Crippen molar-refractivity contribution in [1.82, 2.24) is 4.90 Å². The number of nitrogens with one attached hydrogen (secondary N) is 1. The highest BCUT2D eigenvalue weighted by Gasteiger charge is 2.14. The Bertz CT molecular complexity index is 502. The first kappa shape index (κ1) is 21.2. The third kappa shape index (κ3) is 6.24. The second kappa shape index (κ2) is 10.9. The maximum Gasteiger partial charge on any atom is 0.193 e. The summed E-state index contributed by atoms with van der Waals surface area (Å²) in [4.78, 5) is 7.10. The number of nitrogens with zero attached hydrogens (tertiary/aromatic N) is 2. The first-order valence-corrected chi connectivity index (χ1v) is 9.04. The predicted molar refractivity (Wildman–Crippen MR) is 116 cm³/mol. The van der Waals surface area contributed by atoms with Gasteiger partial charge in [0.2, 0.25) is 0 Å². The summed E-state index contributed by atoms with van der Waals surface area (Å²) in [5.41, 5.74) is 9.88. The summed E-state index contributed by atoms with van der Waals surface area (Å²) in [6.07, 6.45) is 4.67. The first-order chi connectivity index (χ1) is 11.1. The van der Waals surface area contributed by atoms with Crippen molar-refractivity contribution in [2.24, 2.45) is 16.6 Å². The molecular formula is C19H33IN4. The van der Waals surface area contributed by atoms with Gasteiger partial charge in [-0.25, -0.2) is 0 Å². The van der Waals surface area contributed by atoms with E-state index in [0.29, 0.717) is 11.9 Å². The Labute approximate surface area is 164 Å². The number of para-hydroxylation sites is 1. The van der Waals surface area contributed by atoms with Gasteiger partial charge in [-0.05, 0) is 55.8 Å². The van der Waals surface area contributed by atoms with Crippen LogP contribution >= 0.6 is 24.0 Å². The number of nitrogens with two attached hydrogens (primary N) is 1. The quantitative estimate of drug-likeness (QED) is 0.381. The second-order valence-corrected chi connectivity index (χ2v) is 6.62. The summed E-state index contributed by atoms with van der Waals surface area (Å²) in [7, 11) is 0. The fourth-order valence-electron chi connectivity index (χ4n) is 3.29. The van der Waals surface area contributed by atoms with E-state index in [0.717, 1.165) is 31.6 Å². The van der Waals surface area contributed by atoms with Crippen LogP contribution in [0.4, 0.5) is 5.69 Å². The number of aryl methyl sites for hydroxylation is 2. The molecule has 1 unspecified atom stereocenters. The fourth-order valence-corrected chi connectivity index (χ4v) is 3.29. The van der Waals surface area contributed by atoms with Crippen LogP contribution in [0.1, 0.15) is 44.7 Å². The number of rotatable bonds is 7. The Morgan fingerprint density at radius 2 is 1.79 bits per heavy atom. The zero-order valence-corrected chi connectivity index (χ0v) is 17.7. The lowest BCUT2D eigenvalue weighted by molar-refractivity contribution is 0.292. The summed E-state index contributed by atoms with van der Waals surface area (Å²) in [6.45, 7) is 11.0. The van der Waals surface area contributed by atoms with Crippen LogP contribution in [-0.2, 0) is 12.8 Å². The predicted octanol–water partition coefficient (Wildman–Crippen LogP) is 3.89. The van der Waals surface area contributed by atoms with E-state index in [-0.39, 0.29) is 24.0 Å². The topological polar surface area (TPSA) is 53.6 Å². The van der Waals surface area contributed by atoms with Crippen LogP contribution in [0.2, 0.25) is 0 Å². The molecule has 1 aliphatic heterocycles. The van der Waals surface area contributed by atoms with E-state index in [4.69, 9.17) is 5.73 Å². The molecule has 0 spiro atoms. The number of anilines is 1. The number of guanidine groups is 1. The molecule has 2 rings (SSSR count). The minimum Gasteiger partial charge on any atom is -0.370 e. The standard InChI is InChI=1S/C19H32N4.HI/c1-4-16-9-8-10-17(5-2)18(16)22-19(20)21-13-15(3)14-23-11-6-7-12-23;/h8-10,15H,4-7,11-14H2,1-3H3,(H3,20,21,22);1H. The van der Waals surface area contributed by atoms with Gasteiger partial charge < -0.3 is 16.0 Å². The molecule has 1 heterocycles. The molecule has 24 heavy (non-hydrogen) atoms. The summed E-state index contributed by atoms with van der Waals surface area (Å²) in [6, 6.07) is 6.43. The molecular weight excluding hydrogens is 411 g/mol. The van der Waals surface area contributed by atoms with Gasteiger partial charge >= 0.3 is 0 Å². The first-order valence-electron chi connectivity index (χ1n) is 9.04. The Morgan fingerprint density at radius 1 is 1.21 bits per heavy atom. The van der Waals surface area contributed by atoms with Gasteiger partial charge in [-0.15, -0.1) is 24.0 Å². The van der Waals surface area contributed by atoms with Gasteiger partial charge in [0, 0.05) is 18.8 Å². The van der Waals surface area contributed by atoms with Gasteiger partial charge in [-0.2, -0.15) is 0 Å². The largest absolute Gasteiger partial charge is 0.370 e. The van der Waals surface area contributed by atoms with Crippen molar-refractivity contribution in [1.29, 1.82) is 0 Å². The number of halogens is 1. The maximum atomic E-state index is 6.13. The van der Waals surface area contributed by atoms with Crippen LogP contribution in [0.15, 0.2) is 23.2 Å². The monoisotopic (exact) mass is 444 g/mol. The van der Waals surface area contributed by atoms with E-state index in [2.05, 4.69) is 54.2 Å². The van der Waals surface area contributed by atoms with Gasteiger partial charge in [0.15, 0.2) is 5.96 Å². The highest BCUT2D eigenvalue weighted by atomic mass is 127. The van der Waals surface area contributed by atoms with Crippen LogP contribution in [-0.4, -0.2) is 37.0 Å². The maximum absolute atomic E-state index is 6.13. The second-order valence-electron chi connectivity index (χ2n) is 6.62. The van der Waals surface area contributed by atoms with E-state index >= 15 is 0 Å². The molecule has 1 aromatic carbocycles. The molecule has 0 bridgehead atoms. The van der Waals surface area contributed by atoms with Crippen molar-refractivity contribution in [2.45, 2.75) is 46.5 Å². The van der Waals surface area contributed by atoms with Crippen molar-refractivity contribution < 1.29 is 0 Å². The van der Waals surface area contributed by atoms with Crippen LogP contribution in [0.25, 0.3) is 0 Å². The Balaban J connectivity index is 0.00000288. The molecule has 5 heteroatoms. The highest BCUT2D eigenvalue weighted by Crippen LogP contribution is 2.22. The molecule has 3 N–H and O–H groups in total. The molecule has 0 saturated carbocycles. The minimum atomic E-state index is 0. The SMILES string of the molecule is CCc1cccc(CC)c1NC(N)=NCC(C)CN1CCCC1.I. The number of hydrogen-bond acceptors (Lipinski definition) is 2. The van der Waals surface area contributed by atoms with E-state index in [1.807, 2.05) is 0 Å². The lowest BCUT2D eigenvalue weighted by atomic mass is 10.0. The molecule has 136 valence electrons. The molecule has 0 amide bonds. The average molecular weight is 444 g/mol. The van der Waals surface area contributed by atoms with E-state index in [1.54, 1.807) is 0 Å². The summed E-state index contributed by atoms with van der Waals surface area (Å²) >= 11 is 0. The van der Waals surface area contributed by atoms with Crippen molar-refractivity contribution in [3.63, 3.8) is 0 Å². The highest BCUT2D eigenvalue weighted by molar-refractivity contribution is 14.0. The molecule has 1 aromatic rings. The zero-order valence-electron chi connectivity index (χ0n) is 15.3. The lowest BCUT2D eigenvalue weighted by Crippen LogP contribution is -2.29. The van der Waals surface area contributed by atoms with Gasteiger partial charge in [-0.3, -0.25) is 4.99 Å². The summed E-state index contributed by atoms with van der Waals surface area (Å²) < 4.78 is 0. The summed E-state index contributed by atoms with van der Waals surface area (Å²) in [5.74, 6) is 1.08. The third-order valence-corrected chi connectivity index (χ3v) is 4.59. The Morgan fingerprint density at radius 3 is 2.33 bits per heavy atom. The number of likely N-dealkylation sites (tertiary alicyclic amines) is 1. The third-order valence-electron chi connectivity index (χ3n) is 4.59.